The van der Waals surface area contributed by atoms with Gasteiger partial charge in [-0.15, -0.1) is 0 Å². The minimum absolute atomic E-state index is 0.134. The van der Waals surface area contributed by atoms with E-state index in [2.05, 4.69) is 19.9 Å². The fourth-order valence-electron chi connectivity index (χ4n) is 2.02. The first-order valence-electron chi connectivity index (χ1n) is 5.33. The Kier molecular flexibility index (Phi) is 3.96. The molecule has 1 aliphatic rings. The van der Waals surface area contributed by atoms with Crippen LogP contribution in [-0.2, 0) is 9.47 Å². The molecule has 3 heteroatoms. The molecule has 1 unspecified atom stereocenters. The van der Waals surface area contributed by atoms with Crippen molar-refractivity contribution in [2.45, 2.75) is 44.8 Å². The average molecular weight is 199 g/mol. The monoisotopic (exact) mass is 199 g/mol. The predicted octanol–water partition coefficient (Wildman–Crippen LogP) is 1.82. The molecule has 3 nitrogen and oxygen atoms in total. The summed E-state index contributed by atoms with van der Waals surface area (Å²) in [6, 6.07) is -0.134. The summed E-state index contributed by atoms with van der Waals surface area (Å²) >= 11 is 0. The third-order valence-corrected chi connectivity index (χ3v) is 3.21. The maximum atomic E-state index is 6.17. The Hall–Kier alpha value is -0.540. The van der Waals surface area contributed by atoms with E-state index < -0.39 is 0 Å². The molecule has 0 fully saturated rings. The number of hydrogen-bond acceptors (Lipinski definition) is 3. The van der Waals surface area contributed by atoms with Gasteiger partial charge in [0, 0.05) is 13.5 Å². The lowest BCUT2D eigenvalue weighted by molar-refractivity contribution is -0.0396. The third kappa shape index (κ3) is 1.93. The predicted molar refractivity (Wildman–Crippen MR) is 56.9 cm³/mol. The van der Waals surface area contributed by atoms with Crippen molar-refractivity contribution in [1.82, 2.24) is 0 Å². The van der Waals surface area contributed by atoms with E-state index in [4.69, 9.17) is 15.2 Å². The zero-order valence-electron chi connectivity index (χ0n) is 9.38. The molecule has 0 radical (unpaired) electrons. The molecule has 0 saturated heterocycles. The van der Waals surface area contributed by atoms with Crippen molar-refractivity contribution < 1.29 is 9.47 Å². The van der Waals surface area contributed by atoms with Crippen LogP contribution >= 0.6 is 0 Å². The SMILES string of the molecule is CCC(CC)(OC)C(N)C1=CCCO1. The highest BCUT2D eigenvalue weighted by Gasteiger charge is 2.37. The third-order valence-electron chi connectivity index (χ3n) is 3.21. The first kappa shape index (κ1) is 11.5. The first-order valence-corrected chi connectivity index (χ1v) is 5.33. The van der Waals surface area contributed by atoms with E-state index in [1.54, 1.807) is 7.11 Å². The van der Waals surface area contributed by atoms with E-state index >= 15 is 0 Å². The maximum Gasteiger partial charge on any atom is 0.112 e. The van der Waals surface area contributed by atoms with Gasteiger partial charge in [0.05, 0.1) is 18.2 Å². The number of methoxy groups -OCH3 is 1. The van der Waals surface area contributed by atoms with Crippen molar-refractivity contribution in [2.75, 3.05) is 13.7 Å². The molecule has 1 rings (SSSR count). The van der Waals surface area contributed by atoms with Gasteiger partial charge in [-0.25, -0.2) is 0 Å². The zero-order chi connectivity index (χ0) is 10.6. The Morgan fingerprint density at radius 2 is 2.21 bits per heavy atom. The van der Waals surface area contributed by atoms with Crippen LogP contribution in [0, 0.1) is 0 Å². The molecular formula is C11H21NO2. The van der Waals surface area contributed by atoms with Gasteiger partial charge in [-0.05, 0) is 18.9 Å². The Balaban J connectivity index is 2.76. The first-order chi connectivity index (χ1) is 6.70. The largest absolute Gasteiger partial charge is 0.496 e. The summed E-state index contributed by atoms with van der Waals surface area (Å²) in [7, 11) is 1.72. The van der Waals surface area contributed by atoms with Crippen molar-refractivity contribution >= 4 is 0 Å². The fraction of sp³-hybridized carbons (Fsp3) is 0.818. The van der Waals surface area contributed by atoms with E-state index in [1.165, 1.54) is 0 Å². The minimum atomic E-state index is -0.268. The van der Waals surface area contributed by atoms with Crippen LogP contribution in [0.2, 0.25) is 0 Å². The molecule has 0 aromatic heterocycles. The van der Waals surface area contributed by atoms with Gasteiger partial charge in [0.1, 0.15) is 5.76 Å². The molecule has 0 aliphatic carbocycles. The topological polar surface area (TPSA) is 44.5 Å². The van der Waals surface area contributed by atoms with Crippen molar-refractivity contribution in [3.63, 3.8) is 0 Å². The highest BCUT2D eigenvalue weighted by molar-refractivity contribution is 5.13. The van der Waals surface area contributed by atoms with Crippen molar-refractivity contribution in [3.8, 4) is 0 Å². The molecule has 82 valence electrons. The summed E-state index contributed by atoms with van der Waals surface area (Å²) < 4.78 is 11.0. The molecule has 0 spiro atoms. The van der Waals surface area contributed by atoms with Gasteiger partial charge in [0.25, 0.3) is 0 Å². The highest BCUT2D eigenvalue weighted by atomic mass is 16.5. The van der Waals surface area contributed by atoms with E-state index in [1.807, 2.05) is 0 Å². The molecule has 0 aromatic carbocycles. The normalized spacial score (nSPS) is 19.0. The molecule has 0 amide bonds. The van der Waals surface area contributed by atoms with Gasteiger partial charge >= 0.3 is 0 Å². The molecular weight excluding hydrogens is 178 g/mol. The van der Waals surface area contributed by atoms with E-state index in [0.717, 1.165) is 31.6 Å². The van der Waals surface area contributed by atoms with Gasteiger partial charge in [-0.1, -0.05) is 13.8 Å². The molecule has 1 heterocycles. The lowest BCUT2D eigenvalue weighted by Crippen LogP contribution is -2.50. The Morgan fingerprint density at radius 3 is 2.57 bits per heavy atom. The lowest BCUT2D eigenvalue weighted by Gasteiger charge is -2.36. The van der Waals surface area contributed by atoms with E-state index in [9.17, 15) is 0 Å². The average Bonchev–Trinajstić information content (AvgIpc) is 2.74. The van der Waals surface area contributed by atoms with Crippen molar-refractivity contribution in [2.24, 2.45) is 5.73 Å². The second-order valence-electron chi connectivity index (χ2n) is 3.70. The number of hydrogen-bond donors (Lipinski definition) is 1. The Morgan fingerprint density at radius 1 is 1.57 bits per heavy atom. The zero-order valence-corrected chi connectivity index (χ0v) is 9.38. The van der Waals surface area contributed by atoms with Gasteiger partial charge in [0.15, 0.2) is 0 Å². The van der Waals surface area contributed by atoms with Crippen molar-refractivity contribution in [3.05, 3.63) is 11.8 Å². The smallest absolute Gasteiger partial charge is 0.112 e. The Bertz CT molecular complexity index is 201. The fourth-order valence-corrected chi connectivity index (χ4v) is 2.02. The molecule has 14 heavy (non-hydrogen) atoms. The molecule has 1 atom stereocenters. The van der Waals surface area contributed by atoms with Gasteiger partial charge in [-0.2, -0.15) is 0 Å². The molecule has 2 N–H and O–H groups in total. The van der Waals surface area contributed by atoms with Crippen LogP contribution in [0.3, 0.4) is 0 Å². The second-order valence-corrected chi connectivity index (χ2v) is 3.70. The standard InChI is InChI=1S/C11H21NO2/c1-4-11(5-2,13-3)10(12)9-7-6-8-14-9/h7,10H,4-6,8,12H2,1-3H3. The van der Waals surface area contributed by atoms with Crippen LogP contribution in [0.15, 0.2) is 11.8 Å². The molecule has 0 aromatic rings. The van der Waals surface area contributed by atoms with Crippen LogP contribution in [0.1, 0.15) is 33.1 Å². The van der Waals surface area contributed by atoms with Crippen LogP contribution < -0.4 is 5.73 Å². The van der Waals surface area contributed by atoms with Crippen molar-refractivity contribution in [1.29, 1.82) is 0 Å². The second kappa shape index (κ2) is 4.80. The lowest BCUT2D eigenvalue weighted by atomic mass is 9.87. The van der Waals surface area contributed by atoms with E-state index in [-0.39, 0.29) is 11.6 Å². The summed E-state index contributed by atoms with van der Waals surface area (Å²) in [5.41, 5.74) is 5.90. The minimum Gasteiger partial charge on any atom is -0.496 e. The summed E-state index contributed by atoms with van der Waals surface area (Å²) in [5, 5.41) is 0. The molecule has 1 aliphatic heterocycles. The summed E-state index contributed by atoms with van der Waals surface area (Å²) in [5.74, 6) is 0.899. The van der Waals surface area contributed by atoms with Crippen LogP contribution in [0.5, 0.6) is 0 Å². The number of rotatable bonds is 5. The summed E-state index contributed by atoms with van der Waals surface area (Å²) in [6.45, 7) is 4.96. The number of nitrogens with two attached hydrogens (primary N) is 1. The van der Waals surface area contributed by atoms with Crippen LogP contribution in [0.4, 0.5) is 0 Å². The number of ether oxygens (including phenoxy) is 2. The summed E-state index contributed by atoms with van der Waals surface area (Å²) in [4.78, 5) is 0. The Labute approximate surface area is 86.3 Å². The quantitative estimate of drug-likeness (QED) is 0.734. The molecule has 0 saturated carbocycles. The van der Waals surface area contributed by atoms with Crippen LogP contribution in [0.25, 0.3) is 0 Å². The highest BCUT2D eigenvalue weighted by Crippen LogP contribution is 2.29. The maximum absolute atomic E-state index is 6.17. The summed E-state index contributed by atoms with van der Waals surface area (Å²) in [6.07, 6.45) is 4.85. The van der Waals surface area contributed by atoms with Gasteiger partial charge in [-0.3, -0.25) is 0 Å². The van der Waals surface area contributed by atoms with Gasteiger partial charge < -0.3 is 15.2 Å². The molecule has 0 bridgehead atoms. The van der Waals surface area contributed by atoms with Gasteiger partial charge in [0.2, 0.25) is 0 Å². The van der Waals surface area contributed by atoms with Crippen LogP contribution in [-0.4, -0.2) is 25.4 Å². The van der Waals surface area contributed by atoms with E-state index in [0.29, 0.717) is 0 Å².